The molecule has 1 aliphatic rings. The van der Waals surface area contributed by atoms with Crippen molar-refractivity contribution in [3.05, 3.63) is 0 Å². The minimum absolute atomic E-state index is 0.0987. The van der Waals surface area contributed by atoms with Crippen molar-refractivity contribution in [2.75, 3.05) is 18.2 Å². The molecule has 0 spiro atoms. The van der Waals surface area contributed by atoms with Gasteiger partial charge in [-0.15, -0.1) is 11.8 Å². The molecule has 0 bridgehead atoms. The number of aliphatic carboxylic acids is 1. The number of nitrogens with zero attached hydrogens (tertiary/aromatic N) is 1. The second-order valence-corrected chi connectivity index (χ2v) is 5.96. The normalized spacial score (nSPS) is 20.8. The third kappa shape index (κ3) is 4.11. The molecule has 1 rings (SSSR count). The van der Waals surface area contributed by atoms with Crippen molar-refractivity contribution in [2.24, 2.45) is 5.14 Å². The van der Waals surface area contributed by atoms with Gasteiger partial charge in [0.25, 0.3) is 0 Å². The molecule has 1 fully saturated rings. The van der Waals surface area contributed by atoms with Crippen LogP contribution in [0.1, 0.15) is 6.92 Å². The van der Waals surface area contributed by atoms with E-state index in [0.717, 1.165) is 0 Å². The van der Waals surface area contributed by atoms with Gasteiger partial charge in [-0.25, -0.2) is 15.4 Å². The number of hydrogen-bond acceptors (Lipinski definition) is 6. The van der Waals surface area contributed by atoms with Crippen molar-refractivity contribution in [1.82, 2.24) is 10.2 Å². The minimum Gasteiger partial charge on any atom is -0.480 e. The monoisotopic (exact) mass is 308 g/mol. The van der Waals surface area contributed by atoms with Crippen LogP contribution in [0.4, 0.5) is 0 Å². The lowest BCUT2D eigenvalue weighted by molar-refractivity contribution is -0.147. The summed E-state index contributed by atoms with van der Waals surface area (Å²) in [7, 11) is -1.89. The van der Waals surface area contributed by atoms with Crippen molar-refractivity contribution < 1.29 is 23.7 Å². The Labute approximate surface area is 115 Å². The highest BCUT2D eigenvalue weighted by molar-refractivity contribution is 7.99. The molecule has 1 unspecified atom stereocenters. The van der Waals surface area contributed by atoms with Gasteiger partial charge < -0.3 is 24.7 Å². The number of carboxylic acids is 1. The number of carbonyl (C=O) groups excluding carboxylic acids is 2. The molecule has 108 valence electrons. The lowest BCUT2D eigenvalue weighted by Gasteiger charge is -2.20. The average Bonchev–Trinajstić information content (AvgIpc) is 2.83. The maximum absolute atomic E-state index is 11.8. The lowest BCUT2D eigenvalue weighted by Crippen LogP contribution is -2.47. The molecule has 19 heavy (non-hydrogen) atoms. The number of hydrogen-bond donors (Lipinski definition) is 3. The van der Waals surface area contributed by atoms with E-state index in [4.69, 9.17) is 10.2 Å². The maximum Gasteiger partial charge on any atom is 0.327 e. The first-order valence-corrected chi connectivity index (χ1v) is 7.59. The van der Waals surface area contributed by atoms with E-state index in [0.29, 0.717) is 5.75 Å². The summed E-state index contributed by atoms with van der Waals surface area (Å²) in [5.41, 5.74) is 0. The van der Waals surface area contributed by atoms with Crippen molar-refractivity contribution in [1.29, 1.82) is 0 Å². The fourth-order valence-corrected chi connectivity index (χ4v) is 2.79. The fraction of sp³-hybridized carbons (Fsp3) is 0.556. The minimum atomic E-state index is -1.89. The van der Waals surface area contributed by atoms with Crippen LogP contribution in [0, 0.1) is 0 Å². The molecule has 1 atom stereocenters. The molecule has 1 heterocycles. The quantitative estimate of drug-likeness (QED) is 0.411. The van der Waals surface area contributed by atoms with E-state index in [9.17, 15) is 18.6 Å². The summed E-state index contributed by atoms with van der Waals surface area (Å²) >= 11 is 1.33. The largest absolute Gasteiger partial charge is 0.480 e. The zero-order chi connectivity index (χ0) is 14.6. The maximum atomic E-state index is 11.8. The van der Waals surface area contributed by atoms with Gasteiger partial charge in [0.05, 0.1) is 12.4 Å². The Kier molecular flexibility index (Phi) is 5.63. The van der Waals surface area contributed by atoms with Crippen LogP contribution < -0.4 is 10.5 Å². The molecule has 0 saturated carbocycles. The zero-order valence-corrected chi connectivity index (χ0v) is 11.8. The molecule has 8 nitrogen and oxygen atoms in total. The molecular formula is C9H14N3O5S2-. The lowest BCUT2D eigenvalue weighted by atomic mass is 10.3. The molecule has 0 aromatic carbocycles. The highest BCUT2D eigenvalue weighted by Crippen LogP contribution is 2.20. The molecule has 0 radical (unpaired) electrons. The second kappa shape index (κ2) is 6.78. The van der Waals surface area contributed by atoms with Crippen LogP contribution in [0.15, 0.2) is 0 Å². The zero-order valence-electron chi connectivity index (χ0n) is 10.1. The smallest absolute Gasteiger partial charge is 0.327 e. The van der Waals surface area contributed by atoms with E-state index >= 15 is 0 Å². The number of carbonyl (C=O) groups is 3. The number of amides is 2. The Bertz CT molecular complexity index is 486. The van der Waals surface area contributed by atoms with Crippen LogP contribution in [0.5, 0.6) is 0 Å². The summed E-state index contributed by atoms with van der Waals surface area (Å²) < 4.78 is 10.8. The summed E-state index contributed by atoms with van der Waals surface area (Å²) in [4.78, 5) is 35.2. The Morgan fingerprint density at radius 2 is 2.16 bits per heavy atom. The van der Waals surface area contributed by atoms with Gasteiger partial charge in [-0.1, -0.05) is 11.8 Å². The van der Waals surface area contributed by atoms with Gasteiger partial charge in [0.15, 0.2) is 0 Å². The number of nitrogens with two attached hydrogens (primary N) is 1. The predicted molar refractivity (Wildman–Crippen MR) is 71.5 cm³/mol. The fourth-order valence-electron chi connectivity index (χ4n) is 1.37. The first-order chi connectivity index (χ1) is 8.84. The van der Waals surface area contributed by atoms with E-state index in [1.54, 1.807) is 0 Å². The van der Waals surface area contributed by atoms with E-state index < -0.39 is 34.4 Å². The first kappa shape index (κ1) is 15.8. The molecule has 0 aromatic heterocycles. The second-order valence-electron chi connectivity index (χ2n) is 3.75. The summed E-state index contributed by atoms with van der Waals surface area (Å²) in [5.74, 6) is -1.66. The summed E-state index contributed by atoms with van der Waals surface area (Å²) in [5, 5.41) is 16.2. The van der Waals surface area contributed by atoms with Crippen molar-refractivity contribution in [3.8, 4) is 0 Å². The van der Waals surface area contributed by atoms with Gasteiger partial charge in [0.2, 0.25) is 11.8 Å². The van der Waals surface area contributed by atoms with Crippen molar-refractivity contribution in [3.63, 3.8) is 0 Å². The molecule has 10 heteroatoms. The Morgan fingerprint density at radius 1 is 1.53 bits per heavy atom. The van der Waals surface area contributed by atoms with E-state index in [1.807, 2.05) is 0 Å². The number of rotatable bonds is 4. The molecule has 1 aliphatic heterocycles. The first-order valence-electron chi connectivity index (χ1n) is 5.22. The molecule has 0 aliphatic carbocycles. The number of carboxylic acid groups (broad SMARTS) is 1. The van der Waals surface area contributed by atoms with Crippen LogP contribution >= 0.6 is 11.8 Å². The van der Waals surface area contributed by atoms with Crippen LogP contribution in [0.3, 0.4) is 0 Å². The number of thioether (sulfide) groups is 1. The summed E-state index contributed by atoms with van der Waals surface area (Å²) in [6, 6.07) is -0.872. The van der Waals surface area contributed by atoms with Crippen molar-refractivity contribution >= 4 is 45.0 Å². The van der Waals surface area contributed by atoms with Gasteiger partial charge in [-0.3, -0.25) is 9.59 Å². The Balaban J connectivity index is 2.57. The SMILES string of the molecule is CC(C(=O)NCC(=O)N1CSCC1C(=O)O)=[S-](N)=O. The van der Waals surface area contributed by atoms with Gasteiger partial charge in [0, 0.05) is 5.75 Å². The predicted octanol–water partition coefficient (Wildman–Crippen LogP) is -1.88. The van der Waals surface area contributed by atoms with Crippen LogP contribution in [-0.2, 0) is 29.2 Å². The van der Waals surface area contributed by atoms with Crippen LogP contribution in [0.2, 0.25) is 0 Å². The van der Waals surface area contributed by atoms with E-state index in [1.165, 1.54) is 23.6 Å². The Morgan fingerprint density at radius 3 is 2.68 bits per heavy atom. The van der Waals surface area contributed by atoms with Gasteiger partial charge in [-0.05, 0) is 0 Å². The summed E-state index contributed by atoms with van der Waals surface area (Å²) in [6.45, 7) is 0.944. The topological polar surface area (TPSA) is 130 Å². The molecule has 2 amide bonds. The van der Waals surface area contributed by atoms with Gasteiger partial charge in [-0.2, -0.15) is 0 Å². The third-order valence-electron chi connectivity index (χ3n) is 2.51. The highest BCUT2D eigenvalue weighted by Gasteiger charge is 2.34. The van der Waals surface area contributed by atoms with Crippen LogP contribution in [0.25, 0.3) is 0 Å². The molecule has 1 saturated heterocycles. The molecular weight excluding hydrogens is 294 g/mol. The average molecular weight is 308 g/mol. The van der Waals surface area contributed by atoms with E-state index in [2.05, 4.69) is 5.32 Å². The number of nitrogens with one attached hydrogen (secondary N) is 1. The third-order valence-corrected chi connectivity index (χ3v) is 4.31. The standard InChI is InChI=1S/C9H14N3O5S2/c1-5(19(10)17)8(14)11-2-7(13)12-4-18-3-6(12)9(15)16/h6H,2-4H2,1H3,(H2,10,17)(H,11,14)(H,15,16)/q-1. The van der Waals surface area contributed by atoms with E-state index in [-0.39, 0.29) is 17.3 Å². The van der Waals surface area contributed by atoms with Crippen molar-refractivity contribution in [2.45, 2.75) is 13.0 Å². The molecule has 4 N–H and O–H groups in total. The highest BCUT2D eigenvalue weighted by atomic mass is 32.2. The molecule has 0 aromatic rings. The van der Waals surface area contributed by atoms with Gasteiger partial charge >= 0.3 is 5.97 Å². The van der Waals surface area contributed by atoms with Gasteiger partial charge in [0.1, 0.15) is 6.04 Å². The Hall–Kier alpha value is -1.26. The summed E-state index contributed by atoms with van der Waals surface area (Å²) in [6.07, 6.45) is 0. The van der Waals surface area contributed by atoms with Crippen LogP contribution in [-0.4, -0.2) is 56.9 Å².